The average molecular weight is 553 g/mol. The Kier molecular flexibility index (Phi) is 7.05. The molecule has 7 nitrogen and oxygen atoms in total. The zero-order chi connectivity index (χ0) is 28.6. The fourth-order valence-electron chi connectivity index (χ4n) is 4.96. The maximum absolute atomic E-state index is 14.0. The zero-order valence-electron chi connectivity index (χ0n) is 21.4. The lowest BCUT2D eigenvalue weighted by Gasteiger charge is -2.38. The highest BCUT2D eigenvalue weighted by atomic mass is 19.4. The molecule has 2 atom stereocenters. The molecule has 1 aromatic heterocycles. The Labute approximate surface area is 227 Å². The van der Waals surface area contributed by atoms with Gasteiger partial charge in [0.05, 0.1) is 23.9 Å². The van der Waals surface area contributed by atoms with Gasteiger partial charge in [-0.3, -0.25) is 14.5 Å². The monoisotopic (exact) mass is 552 g/mol. The summed E-state index contributed by atoms with van der Waals surface area (Å²) in [6.45, 7) is 1.94. The standard InChI is InChI=1S/C29H24F4N4O3/c1-3-36-27-23(26(40-2)35-37(27)21-10-5-4-6-11-21)22(17-12-14-20(30)15-13-17)24(28(36)39)34-25(38)18-8-7-9-19(16-18)29(31,32)33/h4-16,22,24H,3H2,1-2H3,(H,34,38)/t22-,24-/m0/s1. The lowest BCUT2D eigenvalue weighted by atomic mass is 9.82. The maximum atomic E-state index is 14.0. The lowest BCUT2D eigenvalue weighted by Crippen LogP contribution is -2.55. The van der Waals surface area contributed by atoms with Crippen LogP contribution in [0.3, 0.4) is 0 Å². The van der Waals surface area contributed by atoms with E-state index in [0.717, 1.165) is 18.2 Å². The molecule has 0 unspecified atom stereocenters. The quantitative estimate of drug-likeness (QED) is 0.328. The molecule has 1 aliphatic heterocycles. The van der Waals surface area contributed by atoms with Gasteiger partial charge in [-0.05, 0) is 55.0 Å². The number of nitrogens with zero attached hydrogens (tertiary/aromatic N) is 3. The number of para-hydroxylation sites is 1. The molecule has 0 saturated heterocycles. The molecule has 40 heavy (non-hydrogen) atoms. The van der Waals surface area contributed by atoms with Gasteiger partial charge < -0.3 is 10.1 Å². The molecule has 206 valence electrons. The van der Waals surface area contributed by atoms with Crippen molar-refractivity contribution in [1.82, 2.24) is 15.1 Å². The molecule has 0 saturated carbocycles. The largest absolute Gasteiger partial charge is 0.480 e. The van der Waals surface area contributed by atoms with E-state index in [1.54, 1.807) is 23.7 Å². The molecule has 0 fully saturated rings. The summed E-state index contributed by atoms with van der Waals surface area (Å²) in [6, 6.07) is 17.2. The number of ether oxygens (including phenoxy) is 1. The number of benzene rings is 3. The molecule has 5 rings (SSSR count). The third kappa shape index (κ3) is 4.78. The van der Waals surface area contributed by atoms with E-state index in [-0.39, 0.29) is 18.0 Å². The van der Waals surface area contributed by atoms with E-state index in [1.807, 2.05) is 18.2 Å². The zero-order valence-corrected chi connectivity index (χ0v) is 21.4. The first-order valence-electron chi connectivity index (χ1n) is 12.4. The highest BCUT2D eigenvalue weighted by molar-refractivity contribution is 6.05. The third-order valence-electron chi connectivity index (χ3n) is 6.77. The Morgan fingerprint density at radius 2 is 1.73 bits per heavy atom. The predicted octanol–water partition coefficient (Wildman–Crippen LogP) is 5.34. The molecular weight excluding hydrogens is 528 g/mol. The van der Waals surface area contributed by atoms with Crippen LogP contribution < -0.4 is 15.0 Å². The van der Waals surface area contributed by atoms with Crippen molar-refractivity contribution < 1.29 is 31.9 Å². The number of fused-ring (bicyclic) bond motifs is 1. The number of anilines is 1. The molecule has 3 aromatic carbocycles. The molecule has 11 heteroatoms. The van der Waals surface area contributed by atoms with Crippen LogP contribution in [0.15, 0.2) is 78.9 Å². The fourth-order valence-corrected chi connectivity index (χ4v) is 4.96. The van der Waals surface area contributed by atoms with Crippen LogP contribution in [0.25, 0.3) is 5.69 Å². The first-order valence-corrected chi connectivity index (χ1v) is 12.4. The fraction of sp³-hybridized carbons (Fsp3) is 0.207. The first kappa shape index (κ1) is 26.9. The van der Waals surface area contributed by atoms with Crippen molar-refractivity contribution in [3.8, 4) is 11.6 Å². The van der Waals surface area contributed by atoms with Gasteiger partial charge in [-0.2, -0.15) is 13.2 Å². The van der Waals surface area contributed by atoms with Crippen LogP contribution in [0, 0.1) is 5.82 Å². The summed E-state index contributed by atoms with van der Waals surface area (Å²) in [4.78, 5) is 28.8. The van der Waals surface area contributed by atoms with E-state index in [9.17, 15) is 27.2 Å². The molecular formula is C29H24F4N4O3. The SMILES string of the molecule is CCN1C(=O)[C@@H](NC(=O)c2cccc(C(F)(F)F)c2)[C@@H](c2ccc(F)cc2)c2c(OC)nn(-c3ccccc3)c21. The number of methoxy groups -OCH3 is 1. The van der Waals surface area contributed by atoms with Gasteiger partial charge in [0, 0.05) is 18.0 Å². The number of hydrogen-bond acceptors (Lipinski definition) is 4. The number of nitrogens with one attached hydrogen (secondary N) is 1. The summed E-state index contributed by atoms with van der Waals surface area (Å²) in [7, 11) is 1.42. The van der Waals surface area contributed by atoms with Gasteiger partial charge in [0.1, 0.15) is 17.7 Å². The summed E-state index contributed by atoms with van der Waals surface area (Å²) >= 11 is 0. The van der Waals surface area contributed by atoms with Gasteiger partial charge in [0.2, 0.25) is 5.88 Å². The number of alkyl halides is 3. The number of likely N-dealkylation sites (N-methyl/N-ethyl adjacent to an activating group) is 1. The molecule has 0 aliphatic carbocycles. The highest BCUT2D eigenvalue weighted by Gasteiger charge is 2.47. The Morgan fingerprint density at radius 3 is 2.35 bits per heavy atom. The van der Waals surface area contributed by atoms with E-state index < -0.39 is 41.3 Å². The summed E-state index contributed by atoms with van der Waals surface area (Å²) in [5.41, 5.74) is 0.341. The molecule has 0 spiro atoms. The van der Waals surface area contributed by atoms with Crippen molar-refractivity contribution in [2.75, 3.05) is 18.6 Å². The maximum Gasteiger partial charge on any atom is 0.416 e. The lowest BCUT2D eigenvalue weighted by molar-refractivity contribution is -0.137. The number of amides is 2. The minimum atomic E-state index is -4.65. The topological polar surface area (TPSA) is 76.5 Å². The smallest absolute Gasteiger partial charge is 0.416 e. The van der Waals surface area contributed by atoms with Crippen LogP contribution in [0.2, 0.25) is 0 Å². The van der Waals surface area contributed by atoms with E-state index in [0.29, 0.717) is 22.6 Å². The predicted molar refractivity (Wildman–Crippen MR) is 139 cm³/mol. The Bertz CT molecular complexity index is 1550. The van der Waals surface area contributed by atoms with Crippen molar-refractivity contribution in [2.24, 2.45) is 0 Å². The Balaban J connectivity index is 1.67. The number of carbonyl (C=O) groups excluding carboxylic acids is 2. The molecule has 1 aliphatic rings. The summed E-state index contributed by atoms with van der Waals surface area (Å²) in [5.74, 6) is -2.19. The van der Waals surface area contributed by atoms with E-state index in [2.05, 4.69) is 10.4 Å². The van der Waals surface area contributed by atoms with Crippen molar-refractivity contribution in [1.29, 1.82) is 0 Å². The molecule has 4 aromatic rings. The van der Waals surface area contributed by atoms with E-state index in [4.69, 9.17) is 4.74 Å². The van der Waals surface area contributed by atoms with Crippen LogP contribution in [0.1, 0.15) is 39.9 Å². The first-order chi connectivity index (χ1) is 19.1. The van der Waals surface area contributed by atoms with Crippen molar-refractivity contribution in [2.45, 2.75) is 25.1 Å². The number of halogens is 4. The number of hydrogen-bond donors (Lipinski definition) is 1. The van der Waals surface area contributed by atoms with Gasteiger partial charge >= 0.3 is 6.18 Å². The second-order valence-corrected chi connectivity index (χ2v) is 9.14. The molecule has 1 N–H and O–H groups in total. The van der Waals surface area contributed by atoms with Crippen LogP contribution >= 0.6 is 0 Å². The van der Waals surface area contributed by atoms with Crippen molar-refractivity contribution in [3.63, 3.8) is 0 Å². The van der Waals surface area contributed by atoms with Crippen LogP contribution in [0.5, 0.6) is 5.88 Å². The second-order valence-electron chi connectivity index (χ2n) is 9.14. The van der Waals surface area contributed by atoms with Gasteiger partial charge in [0.25, 0.3) is 11.8 Å². The Hall–Kier alpha value is -4.67. The second kappa shape index (κ2) is 10.5. The number of rotatable bonds is 6. The van der Waals surface area contributed by atoms with E-state index >= 15 is 0 Å². The van der Waals surface area contributed by atoms with Gasteiger partial charge in [-0.25, -0.2) is 9.07 Å². The van der Waals surface area contributed by atoms with Gasteiger partial charge in [-0.1, -0.05) is 36.4 Å². The summed E-state index contributed by atoms with van der Waals surface area (Å²) in [5, 5.41) is 7.25. The van der Waals surface area contributed by atoms with Crippen LogP contribution in [0.4, 0.5) is 23.4 Å². The van der Waals surface area contributed by atoms with Gasteiger partial charge in [0.15, 0.2) is 0 Å². The van der Waals surface area contributed by atoms with Crippen molar-refractivity contribution in [3.05, 3.63) is 107 Å². The minimum Gasteiger partial charge on any atom is -0.480 e. The van der Waals surface area contributed by atoms with Crippen LogP contribution in [-0.4, -0.2) is 41.3 Å². The average Bonchev–Trinajstić information content (AvgIpc) is 3.33. The normalized spacial score (nSPS) is 16.9. The highest BCUT2D eigenvalue weighted by Crippen LogP contribution is 2.46. The molecule has 2 amide bonds. The van der Waals surface area contributed by atoms with Crippen LogP contribution in [-0.2, 0) is 11.0 Å². The third-order valence-corrected chi connectivity index (χ3v) is 6.77. The summed E-state index contributed by atoms with van der Waals surface area (Å²) in [6.07, 6.45) is -4.65. The molecule has 0 radical (unpaired) electrons. The van der Waals surface area contributed by atoms with E-state index in [1.165, 1.54) is 42.3 Å². The minimum absolute atomic E-state index is 0.178. The molecule has 0 bridgehead atoms. The number of carbonyl (C=O) groups is 2. The van der Waals surface area contributed by atoms with Gasteiger partial charge in [-0.15, -0.1) is 5.10 Å². The number of aromatic nitrogens is 2. The Morgan fingerprint density at radius 1 is 1.02 bits per heavy atom. The van der Waals surface area contributed by atoms with Crippen molar-refractivity contribution >= 4 is 17.6 Å². The molecule has 2 heterocycles. The summed E-state index contributed by atoms with van der Waals surface area (Å²) < 4.78 is 61.0.